The molecule has 0 spiro atoms. The average molecular weight is 441 g/mol. The van der Waals surface area contributed by atoms with E-state index in [9.17, 15) is 4.79 Å². The highest BCUT2D eigenvalue weighted by atomic mass is 32.1. The molecule has 162 valence electrons. The van der Waals surface area contributed by atoms with Gasteiger partial charge in [-0.25, -0.2) is 15.0 Å². The molecule has 2 aromatic heterocycles. The summed E-state index contributed by atoms with van der Waals surface area (Å²) in [5.74, 6) is 2.04. The Labute approximate surface area is 184 Å². The van der Waals surface area contributed by atoms with E-state index in [4.69, 9.17) is 9.47 Å². The number of hydrogen-bond donors (Lipinski definition) is 1. The summed E-state index contributed by atoms with van der Waals surface area (Å²) < 4.78 is 10.7. The molecule has 0 radical (unpaired) electrons. The van der Waals surface area contributed by atoms with Crippen LogP contribution in [0, 0.1) is 0 Å². The summed E-state index contributed by atoms with van der Waals surface area (Å²) in [6.07, 6.45) is 3.48. The van der Waals surface area contributed by atoms with Crippen molar-refractivity contribution in [1.29, 1.82) is 0 Å². The first-order chi connectivity index (χ1) is 15.2. The van der Waals surface area contributed by atoms with E-state index < -0.39 is 0 Å². The van der Waals surface area contributed by atoms with Crippen LogP contribution in [0.3, 0.4) is 0 Å². The van der Waals surface area contributed by atoms with Crippen molar-refractivity contribution in [2.75, 3.05) is 57.2 Å². The molecule has 0 aliphatic carbocycles. The lowest BCUT2D eigenvalue weighted by Crippen LogP contribution is -2.49. The lowest BCUT2D eigenvalue weighted by atomic mass is 10.1. The van der Waals surface area contributed by atoms with Crippen LogP contribution in [0.1, 0.15) is 0 Å². The van der Waals surface area contributed by atoms with Gasteiger partial charge in [-0.15, -0.1) is 11.3 Å². The van der Waals surface area contributed by atoms with Gasteiger partial charge in [-0.3, -0.25) is 9.69 Å². The van der Waals surface area contributed by atoms with E-state index in [0.29, 0.717) is 23.2 Å². The second-order valence-corrected chi connectivity index (χ2v) is 7.82. The highest BCUT2D eigenvalue weighted by molar-refractivity contribution is 7.14. The first-order valence-electron chi connectivity index (χ1n) is 9.88. The topological polar surface area (TPSA) is 92.7 Å². The van der Waals surface area contributed by atoms with Crippen molar-refractivity contribution in [2.45, 2.75) is 0 Å². The van der Waals surface area contributed by atoms with Gasteiger partial charge in [0.15, 0.2) is 5.13 Å². The lowest BCUT2D eigenvalue weighted by Gasteiger charge is -2.34. The van der Waals surface area contributed by atoms with E-state index in [1.165, 1.54) is 11.3 Å². The van der Waals surface area contributed by atoms with Crippen molar-refractivity contribution in [3.05, 3.63) is 42.0 Å². The maximum Gasteiger partial charge on any atom is 0.240 e. The third-order valence-electron chi connectivity index (χ3n) is 5.01. The molecule has 3 heterocycles. The number of piperazine rings is 1. The lowest BCUT2D eigenvalue weighted by molar-refractivity contribution is -0.117. The zero-order chi connectivity index (χ0) is 21.6. The molecule has 1 aliphatic heterocycles. The SMILES string of the molecule is COc1ccc(-c2csc(NC(=O)CN3CCN(c4ncccn4)CC3)n2)c(OC)c1. The first kappa shape index (κ1) is 21.0. The van der Waals surface area contributed by atoms with Crippen LogP contribution in [0.4, 0.5) is 11.1 Å². The average Bonchev–Trinajstić information content (AvgIpc) is 3.27. The Morgan fingerprint density at radius 3 is 2.61 bits per heavy atom. The molecule has 0 bridgehead atoms. The van der Waals surface area contributed by atoms with Gasteiger partial charge in [0.25, 0.3) is 0 Å². The third-order valence-corrected chi connectivity index (χ3v) is 5.77. The normalized spacial score (nSPS) is 14.3. The summed E-state index contributed by atoms with van der Waals surface area (Å²) in [5.41, 5.74) is 1.59. The molecule has 1 N–H and O–H groups in total. The highest BCUT2D eigenvalue weighted by Gasteiger charge is 2.21. The Hall–Kier alpha value is -3.24. The number of thiazole rings is 1. The van der Waals surface area contributed by atoms with Crippen LogP contribution < -0.4 is 19.7 Å². The van der Waals surface area contributed by atoms with Crippen LogP contribution in [0.15, 0.2) is 42.0 Å². The van der Waals surface area contributed by atoms with E-state index in [0.717, 1.165) is 43.4 Å². The fourth-order valence-corrected chi connectivity index (χ4v) is 4.11. The van der Waals surface area contributed by atoms with Crippen LogP contribution in [0.25, 0.3) is 11.3 Å². The number of nitrogens with zero attached hydrogens (tertiary/aromatic N) is 5. The highest BCUT2D eigenvalue weighted by Crippen LogP contribution is 2.34. The molecule has 10 heteroatoms. The number of ether oxygens (including phenoxy) is 2. The van der Waals surface area contributed by atoms with Gasteiger partial charge >= 0.3 is 0 Å². The van der Waals surface area contributed by atoms with Crippen LogP contribution in [0.2, 0.25) is 0 Å². The van der Waals surface area contributed by atoms with Gasteiger partial charge in [0.05, 0.1) is 26.5 Å². The first-order valence-corrected chi connectivity index (χ1v) is 10.8. The Bertz CT molecular complexity index is 1020. The minimum Gasteiger partial charge on any atom is -0.497 e. The number of benzene rings is 1. The maximum atomic E-state index is 12.5. The molecular formula is C21H24N6O3S. The number of carbonyl (C=O) groups is 1. The summed E-state index contributed by atoms with van der Waals surface area (Å²) >= 11 is 1.39. The van der Waals surface area contributed by atoms with Gasteiger partial charge in [-0.05, 0) is 18.2 Å². The number of anilines is 2. The zero-order valence-corrected chi connectivity index (χ0v) is 18.3. The molecule has 1 fully saturated rings. The molecule has 1 saturated heterocycles. The fourth-order valence-electron chi connectivity index (χ4n) is 3.39. The van der Waals surface area contributed by atoms with Crippen molar-refractivity contribution < 1.29 is 14.3 Å². The second-order valence-electron chi connectivity index (χ2n) is 6.96. The number of amides is 1. The van der Waals surface area contributed by atoms with Crippen molar-refractivity contribution in [2.24, 2.45) is 0 Å². The van der Waals surface area contributed by atoms with Gasteiger partial charge in [0.1, 0.15) is 11.5 Å². The molecule has 9 nitrogen and oxygen atoms in total. The summed E-state index contributed by atoms with van der Waals surface area (Å²) in [5, 5.41) is 5.37. The van der Waals surface area contributed by atoms with Crippen molar-refractivity contribution >= 4 is 28.3 Å². The molecule has 1 aliphatic rings. The van der Waals surface area contributed by atoms with Crippen LogP contribution in [0.5, 0.6) is 11.5 Å². The summed E-state index contributed by atoms with van der Waals surface area (Å²) in [6, 6.07) is 7.37. The second kappa shape index (κ2) is 9.71. The van der Waals surface area contributed by atoms with Gasteiger partial charge in [0, 0.05) is 55.6 Å². The molecular weight excluding hydrogens is 416 g/mol. The number of nitrogens with one attached hydrogen (secondary N) is 1. The van der Waals surface area contributed by atoms with Crippen molar-refractivity contribution in [1.82, 2.24) is 19.9 Å². The predicted molar refractivity (Wildman–Crippen MR) is 120 cm³/mol. The fraction of sp³-hybridized carbons (Fsp3) is 0.333. The monoisotopic (exact) mass is 440 g/mol. The van der Waals surface area contributed by atoms with Gasteiger partial charge in [0.2, 0.25) is 11.9 Å². The third kappa shape index (κ3) is 5.09. The summed E-state index contributed by atoms with van der Waals surface area (Å²) in [7, 11) is 3.22. The molecule has 1 aromatic carbocycles. The Morgan fingerprint density at radius 2 is 1.90 bits per heavy atom. The largest absolute Gasteiger partial charge is 0.497 e. The van der Waals surface area contributed by atoms with E-state index in [-0.39, 0.29) is 5.91 Å². The van der Waals surface area contributed by atoms with Gasteiger partial charge < -0.3 is 19.7 Å². The summed E-state index contributed by atoms with van der Waals surface area (Å²) in [6.45, 7) is 3.45. The molecule has 31 heavy (non-hydrogen) atoms. The van der Waals surface area contributed by atoms with E-state index in [1.807, 2.05) is 23.6 Å². The Balaban J connectivity index is 1.32. The standard InChI is InChI=1S/C21H24N6O3S/c1-29-15-4-5-16(18(12-15)30-2)17-14-31-21(24-17)25-19(28)13-26-8-10-27(11-9-26)20-22-6-3-7-23-20/h3-7,12,14H,8-11,13H2,1-2H3,(H,24,25,28). The van der Waals surface area contributed by atoms with E-state index >= 15 is 0 Å². The van der Waals surface area contributed by atoms with Gasteiger partial charge in [-0.2, -0.15) is 0 Å². The van der Waals surface area contributed by atoms with Crippen LogP contribution in [-0.4, -0.2) is 72.7 Å². The minimum absolute atomic E-state index is 0.0768. The molecule has 0 saturated carbocycles. The quantitative estimate of drug-likeness (QED) is 0.599. The molecule has 1 amide bonds. The number of rotatable bonds is 7. The number of methoxy groups -OCH3 is 2. The number of hydrogen-bond acceptors (Lipinski definition) is 9. The van der Waals surface area contributed by atoms with Gasteiger partial charge in [-0.1, -0.05) is 0 Å². The molecule has 4 rings (SSSR count). The molecule has 3 aromatic rings. The summed E-state index contributed by atoms with van der Waals surface area (Å²) in [4.78, 5) is 29.9. The van der Waals surface area contributed by atoms with E-state index in [1.54, 1.807) is 32.7 Å². The smallest absolute Gasteiger partial charge is 0.240 e. The maximum absolute atomic E-state index is 12.5. The Morgan fingerprint density at radius 1 is 1.13 bits per heavy atom. The van der Waals surface area contributed by atoms with Crippen LogP contribution >= 0.6 is 11.3 Å². The number of carbonyl (C=O) groups excluding carboxylic acids is 1. The Kier molecular flexibility index (Phi) is 6.58. The molecule has 0 atom stereocenters. The zero-order valence-electron chi connectivity index (χ0n) is 17.4. The van der Waals surface area contributed by atoms with Crippen molar-refractivity contribution in [3.63, 3.8) is 0 Å². The predicted octanol–water partition coefficient (Wildman–Crippen LogP) is 2.38. The van der Waals surface area contributed by atoms with Crippen molar-refractivity contribution in [3.8, 4) is 22.8 Å². The van der Waals surface area contributed by atoms with E-state index in [2.05, 4.69) is 30.1 Å². The van der Waals surface area contributed by atoms with Crippen LogP contribution in [-0.2, 0) is 4.79 Å². The molecule has 0 unspecified atom stereocenters. The number of aromatic nitrogens is 3. The minimum atomic E-state index is -0.0768.